The molecule has 0 saturated carbocycles. The van der Waals surface area contributed by atoms with Gasteiger partial charge in [0.15, 0.2) is 0 Å². The van der Waals surface area contributed by atoms with E-state index in [-0.39, 0.29) is 6.54 Å². The van der Waals surface area contributed by atoms with Crippen molar-refractivity contribution in [3.63, 3.8) is 0 Å². The van der Waals surface area contributed by atoms with Crippen LogP contribution in [0, 0.1) is 0 Å². The quantitative estimate of drug-likeness (QED) is 0.905. The first-order chi connectivity index (χ1) is 8.55. The third kappa shape index (κ3) is 2.67. The number of imidazole rings is 1. The molecule has 6 heteroatoms. The maximum Gasteiger partial charge on any atom is 0.132 e. The van der Waals surface area contributed by atoms with Gasteiger partial charge in [0, 0.05) is 28.0 Å². The zero-order valence-corrected chi connectivity index (χ0v) is 10.9. The van der Waals surface area contributed by atoms with Gasteiger partial charge < -0.3 is 14.8 Å². The fourth-order valence-electron chi connectivity index (χ4n) is 1.77. The second-order valence-corrected chi connectivity index (χ2v) is 4.89. The summed E-state index contributed by atoms with van der Waals surface area (Å²) in [5.41, 5.74) is -1.03. The molecule has 1 aromatic carbocycles. The molecule has 2 N–H and O–H groups in total. The molecule has 0 saturated heterocycles. The molecule has 0 amide bonds. The minimum Gasteiger partial charge on any atom is -0.393 e. The highest BCUT2D eigenvalue weighted by Crippen LogP contribution is 2.31. The van der Waals surface area contributed by atoms with Crippen LogP contribution in [0.5, 0.6) is 0 Å². The molecule has 1 aromatic heterocycles. The summed E-state index contributed by atoms with van der Waals surface area (Å²) in [6, 6.07) is 4.77. The first-order valence-corrected chi connectivity index (χ1v) is 6.05. The van der Waals surface area contributed by atoms with Gasteiger partial charge in [0.2, 0.25) is 0 Å². The van der Waals surface area contributed by atoms with Gasteiger partial charge in [0.1, 0.15) is 5.60 Å². The first-order valence-electron chi connectivity index (χ1n) is 5.30. The predicted molar refractivity (Wildman–Crippen MR) is 69.7 cm³/mol. The van der Waals surface area contributed by atoms with Crippen molar-refractivity contribution in [1.82, 2.24) is 9.55 Å². The SMILES string of the molecule is OC[C@](O)(Cn1ccnc1)c1ccc(Cl)cc1Cl. The van der Waals surface area contributed by atoms with E-state index in [1.54, 1.807) is 35.4 Å². The average molecular weight is 287 g/mol. The fraction of sp³-hybridized carbons (Fsp3) is 0.250. The Balaban J connectivity index is 2.36. The van der Waals surface area contributed by atoms with Gasteiger partial charge in [0.05, 0.1) is 19.5 Å². The zero-order valence-electron chi connectivity index (χ0n) is 9.42. The molecule has 0 fully saturated rings. The Morgan fingerprint density at radius 3 is 2.67 bits per heavy atom. The van der Waals surface area contributed by atoms with Gasteiger partial charge >= 0.3 is 0 Å². The van der Waals surface area contributed by atoms with Crippen LogP contribution >= 0.6 is 23.2 Å². The van der Waals surface area contributed by atoms with Gasteiger partial charge in [-0.25, -0.2) is 4.98 Å². The van der Waals surface area contributed by atoms with Crippen LogP contribution in [0.15, 0.2) is 36.9 Å². The summed E-state index contributed by atoms with van der Waals surface area (Å²) in [6.07, 6.45) is 4.86. The molecule has 2 rings (SSSR count). The average Bonchev–Trinajstić information content (AvgIpc) is 2.81. The summed E-state index contributed by atoms with van der Waals surface area (Å²) in [6.45, 7) is -0.294. The number of aromatic nitrogens is 2. The van der Waals surface area contributed by atoms with Crippen LogP contribution in [0.3, 0.4) is 0 Å². The van der Waals surface area contributed by atoms with Crippen molar-refractivity contribution in [3.05, 3.63) is 52.5 Å². The first kappa shape index (κ1) is 13.4. The Hall–Kier alpha value is -1.07. The normalized spacial score (nSPS) is 14.4. The summed E-state index contributed by atoms with van der Waals surface area (Å²) in [5.74, 6) is 0. The summed E-state index contributed by atoms with van der Waals surface area (Å²) in [4.78, 5) is 3.89. The lowest BCUT2D eigenvalue weighted by molar-refractivity contribution is -0.0331. The Morgan fingerprint density at radius 2 is 2.11 bits per heavy atom. The summed E-state index contributed by atoms with van der Waals surface area (Å²) < 4.78 is 1.67. The molecule has 18 heavy (non-hydrogen) atoms. The molecular formula is C12H12Cl2N2O2. The molecule has 4 nitrogen and oxygen atoms in total. The van der Waals surface area contributed by atoms with Crippen LogP contribution in [0.1, 0.15) is 5.56 Å². The van der Waals surface area contributed by atoms with Gasteiger partial charge in [-0.2, -0.15) is 0 Å². The van der Waals surface area contributed by atoms with E-state index < -0.39 is 12.2 Å². The number of benzene rings is 1. The Kier molecular flexibility index (Phi) is 3.92. The lowest BCUT2D eigenvalue weighted by Gasteiger charge is -2.27. The van der Waals surface area contributed by atoms with Crippen LogP contribution in [0.2, 0.25) is 10.0 Å². The van der Waals surface area contributed by atoms with Gasteiger partial charge in [-0.05, 0) is 12.1 Å². The van der Waals surface area contributed by atoms with Gasteiger partial charge in [0.25, 0.3) is 0 Å². The largest absolute Gasteiger partial charge is 0.393 e. The lowest BCUT2D eigenvalue weighted by Crippen LogP contribution is -2.35. The molecule has 0 aliphatic rings. The molecule has 0 aliphatic carbocycles. The van der Waals surface area contributed by atoms with E-state index in [0.717, 1.165) is 0 Å². The van der Waals surface area contributed by atoms with E-state index >= 15 is 0 Å². The monoisotopic (exact) mass is 286 g/mol. The van der Waals surface area contributed by atoms with Crippen molar-refractivity contribution >= 4 is 23.2 Å². The van der Waals surface area contributed by atoms with Crippen molar-refractivity contribution < 1.29 is 10.2 Å². The highest BCUT2D eigenvalue weighted by atomic mass is 35.5. The van der Waals surface area contributed by atoms with Gasteiger partial charge in [-0.15, -0.1) is 0 Å². The number of hydrogen-bond acceptors (Lipinski definition) is 3. The van der Waals surface area contributed by atoms with Crippen LogP contribution in [0.4, 0.5) is 0 Å². The molecule has 0 bridgehead atoms. The maximum atomic E-state index is 10.5. The van der Waals surface area contributed by atoms with E-state index in [2.05, 4.69) is 4.98 Å². The minimum atomic E-state index is -1.47. The third-order valence-electron chi connectivity index (χ3n) is 2.70. The molecule has 0 spiro atoms. The molecule has 1 atom stereocenters. The zero-order chi connectivity index (χ0) is 13.2. The number of nitrogens with zero attached hydrogens (tertiary/aromatic N) is 2. The number of halogens is 2. The molecular weight excluding hydrogens is 275 g/mol. The Bertz CT molecular complexity index is 531. The second-order valence-electron chi connectivity index (χ2n) is 4.05. The van der Waals surface area contributed by atoms with E-state index in [9.17, 15) is 10.2 Å². The standard InChI is InChI=1S/C12H12Cl2N2O2/c13-9-1-2-10(11(14)5-9)12(18,7-17)6-16-4-3-15-8-16/h1-5,8,17-18H,6-7H2/t12-/m1/s1. The number of hydrogen-bond donors (Lipinski definition) is 2. The van der Waals surface area contributed by atoms with Gasteiger partial charge in [-0.3, -0.25) is 0 Å². The lowest BCUT2D eigenvalue weighted by atomic mass is 9.94. The highest BCUT2D eigenvalue weighted by molar-refractivity contribution is 6.35. The number of aliphatic hydroxyl groups excluding tert-OH is 1. The second kappa shape index (κ2) is 5.28. The molecule has 0 unspecified atom stereocenters. The van der Waals surface area contributed by atoms with Crippen LogP contribution < -0.4 is 0 Å². The minimum absolute atomic E-state index is 0.158. The van der Waals surface area contributed by atoms with Crippen molar-refractivity contribution in [3.8, 4) is 0 Å². The third-order valence-corrected chi connectivity index (χ3v) is 3.25. The summed E-state index contributed by atoms with van der Waals surface area (Å²) in [7, 11) is 0. The van der Waals surface area contributed by atoms with Crippen molar-refractivity contribution in [2.45, 2.75) is 12.1 Å². The highest BCUT2D eigenvalue weighted by Gasteiger charge is 2.31. The summed E-state index contributed by atoms with van der Waals surface area (Å²) in [5, 5.41) is 20.8. The maximum absolute atomic E-state index is 10.5. The predicted octanol–water partition coefficient (Wildman–Crippen LogP) is 2.07. The van der Waals surface area contributed by atoms with Crippen LogP contribution in [0.25, 0.3) is 0 Å². The topological polar surface area (TPSA) is 58.3 Å². The molecule has 2 aromatic rings. The number of rotatable bonds is 4. The van der Waals surface area contributed by atoms with E-state index in [0.29, 0.717) is 15.6 Å². The van der Waals surface area contributed by atoms with Crippen molar-refractivity contribution in [2.24, 2.45) is 0 Å². The van der Waals surface area contributed by atoms with E-state index in [1.807, 2.05) is 0 Å². The molecule has 0 radical (unpaired) electrons. The fourth-order valence-corrected chi connectivity index (χ4v) is 2.35. The van der Waals surface area contributed by atoms with Gasteiger partial charge in [-0.1, -0.05) is 29.3 Å². The smallest absolute Gasteiger partial charge is 0.132 e. The van der Waals surface area contributed by atoms with Crippen LogP contribution in [-0.4, -0.2) is 26.4 Å². The van der Waals surface area contributed by atoms with Crippen molar-refractivity contribution in [1.29, 1.82) is 0 Å². The Morgan fingerprint density at radius 1 is 1.33 bits per heavy atom. The molecule has 1 heterocycles. The summed E-state index contributed by atoms with van der Waals surface area (Å²) >= 11 is 11.9. The van der Waals surface area contributed by atoms with E-state index in [1.165, 1.54) is 6.07 Å². The van der Waals surface area contributed by atoms with Crippen molar-refractivity contribution in [2.75, 3.05) is 6.61 Å². The molecule has 0 aliphatic heterocycles. The molecule has 96 valence electrons. The number of aliphatic hydroxyl groups is 2. The van der Waals surface area contributed by atoms with E-state index in [4.69, 9.17) is 23.2 Å². The van der Waals surface area contributed by atoms with Crippen LogP contribution in [-0.2, 0) is 12.1 Å². The Labute approximate surface area is 114 Å².